The number of rotatable bonds is 8. The Balaban J connectivity index is 3.10. The minimum absolute atomic E-state index is 0.000463. The molecule has 0 aliphatic heterocycles. The van der Waals surface area contributed by atoms with Gasteiger partial charge in [-0.1, -0.05) is 6.07 Å². The highest BCUT2D eigenvalue weighted by Crippen LogP contribution is 2.28. The van der Waals surface area contributed by atoms with Gasteiger partial charge in [-0.05, 0) is 24.1 Å². The zero-order valence-corrected chi connectivity index (χ0v) is 11.8. The minimum Gasteiger partial charge on any atom is -0.508 e. The number of carboxylic acid groups (broad SMARTS) is 2. The molecule has 7 heteroatoms. The summed E-state index contributed by atoms with van der Waals surface area (Å²) in [6.45, 7) is 0. The molecule has 7 nitrogen and oxygen atoms in total. The number of carbonyl (C=O) groups is 2. The first-order valence-electron chi connectivity index (χ1n) is 6.21. The quantitative estimate of drug-likeness (QED) is 0.622. The van der Waals surface area contributed by atoms with Crippen molar-refractivity contribution in [3.8, 4) is 5.75 Å². The normalized spacial score (nSPS) is 12.3. The van der Waals surface area contributed by atoms with Gasteiger partial charge in [-0.25, -0.2) is 0 Å². The molecule has 0 aliphatic carbocycles. The smallest absolute Gasteiger partial charge is 0.307 e. The third-order valence-electron chi connectivity index (χ3n) is 3.05. The highest BCUT2D eigenvalue weighted by molar-refractivity contribution is 5.78. The van der Waals surface area contributed by atoms with Crippen LogP contribution in [0.25, 0.3) is 0 Å². The zero-order chi connectivity index (χ0) is 16.0. The van der Waals surface area contributed by atoms with E-state index in [4.69, 9.17) is 19.7 Å². The molecule has 0 saturated carbocycles. The van der Waals surface area contributed by atoms with Crippen LogP contribution in [0.15, 0.2) is 18.2 Å². The number of hydrogen-bond acceptors (Lipinski definition) is 5. The van der Waals surface area contributed by atoms with Crippen LogP contribution in [0, 0.1) is 5.92 Å². The topological polar surface area (TPSA) is 113 Å². The SMILES string of the molecule is COC(OC)c1cc(O)ccc1CC(CC(=O)O)C(=O)O. The first-order valence-corrected chi connectivity index (χ1v) is 6.21. The van der Waals surface area contributed by atoms with E-state index in [1.54, 1.807) is 0 Å². The highest BCUT2D eigenvalue weighted by Gasteiger charge is 2.24. The molecule has 116 valence electrons. The van der Waals surface area contributed by atoms with Gasteiger partial charge in [0, 0.05) is 19.8 Å². The first-order chi connectivity index (χ1) is 9.88. The summed E-state index contributed by atoms with van der Waals surface area (Å²) >= 11 is 0. The molecule has 0 heterocycles. The molecule has 0 aliphatic rings. The molecule has 0 bridgehead atoms. The van der Waals surface area contributed by atoms with Crippen molar-refractivity contribution in [1.29, 1.82) is 0 Å². The Morgan fingerprint density at radius 2 is 1.81 bits per heavy atom. The van der Waals surface area contributed by atoms with Gasteiger partial charge in [0.2, 0.25) is 0 Å². The van der Waals surface area contributed by atoms with Gasteiger partial charge in [0.25, 0.3) is 0 Å². The summed E-state index contributed by atoms with van der Waals surface area (Å²) in [5.74, 6) is -3.46. The van der Waals surface area contributed by atoms with Crippen molar-refractivity contribution >= 4 is 11.9 Å². The molecular formula is C14H18O7. The van der Waals surface area contributed by atoms with E-state index < -0.39 is 30.6 Å². The summed E-state index contributed by atoms with van der Waals surface area (Å²) in [6, 6.07) is 4.35. The molecule has 1 unspecified atom stereocenters. The van der Waals surface area contributed by atoms with E-state index in [9.17, 15) is 14.7 Å². The zero-order valence-electron chi connectivity index (χ0n) is 11.8. The van der Waals surface area contributed by atoms with Gasteiger partial charge in [0.15, 0.2) is 6.29 Å². The van der Waals surface area contributed by atoms with Crippen LogP contribution < -0.4 is 0 Å². The Labute approximate surface area is 121 Å². The minimum atomic E-state index is -1.19. The van der Waals surface area contributed by atoms with Crippen molar-refractivity contribution in [2.75, 3.05) is 14.2 Å². The lowest BCUT2D eigenvalue weighted by Crippen LogP contribution is -2.21. The molecule has 3 N–H and O–H groups in total. The second-order valence-corrected chi connectivity index (χ2v) is 4.52. The van der Waals surface area contributed by atoms with Crippen LogP contribution in [-0.2, 0) is 25.5 Å². The van der Waals surface area contributed by atoms with Crippen LogP contribution in [0.1, 0.15) is 23.8 Å². The Hall–Kier alpha value is -2.12. The Morgan fingerprint density at radius 3 is 2.29 bits per heavy atom. The molecule has 1 rings (SSSR count). The van der Waals surface area contributed by atoms with Crippen LogP contribution in [0.4, 0.5) is 0 Å². The fourth-order valence-corrected chi connectivity index (χ4v) is 2.06. The molecule has 21 heavy (non-hydrogen) atoms. The molecule has 0 spiro atoms. The van der Waals surface area contributed by atoms with Gasteiger partial charge in [-0.3, -0.25) is 9.59 Å². The van der Waals surface area contributed by atoms with Crippen molar-refractivity contribution in [2.24, 2.45) is 5.92 Å². The number of benzene rings is 1. The van der Waals surface area contributed by atoms with E-state index in [1.807, 2.05) is 0 Å². The van der Waals surface area contributed by atoms with Crippen molar-refractivity contribution in [3.05, 3.63) is 29.3 Å². The molecule has 1 aromatic carbocycles. The van der Waals surface area contributed by atoms with Crippen LogP contribution >= 0.6 is 0 Å². The van der Waals surface area contributed by atoms with Crippen LogP contribution in [0.2, 0.25) is 0 Å². The fourth-order valence-electron chi connectivity index (χ4n) is 2.06. The van der Waals surface area contributed by atoms with Crippen LogP contribution in [-0.4, -0.2) is 41.5 Å². The third-order valence-corrected chi connectivity index (χ3v) is 3.05. The van der Waals surface area contributed by atoms with E-state index in [0.29, 0.717) is 11.1 Å². The molecule has 1 atom stereocenters. The van der Waals surface area contributed by atoms with Crippen molar-refractivity contribution in [1.82, 2.24) is 0 Å². The summed E-state index contributed by atoms with van der Waals surface area (Å²) < 4.78 is 10.2. The lowest BCUT2D eigenvalue weighted by Gasteiger charge is -2.19. The predicted molar refractivity (Wildman–Crippen MR) is 71.9 cm³/mol. The van der Waals surface area contributed by atoms with Crippen LogP contribution in [0.3, 0.4) is 0 Å². The molecule has 0 aromatic heterocycles. The molecule has 1 aromatic rings. The van der Waals surface area contributed by atoms with E-state index in [-0.39, 0.29) is 12.2 Å². The maximum Gasteiger partial charge on any atom is 0.307 e. The lowest BCUT2D eigenvalue weighted by molar-refractivity contribution is -0.148. The molecule has 0 fully saturated rings. The first kappa shape index (κ1) is 16.9. The third kappa shape index (κ3) is 4.73. The Morgan fingerprint density at radius 1 is 1.19 bits per heavy atom. The van der Waals surface area contributed by atoms with E-state index in [0.717, 1.165) is 0 Å². The monoisotopic (exact) mass is 298 g/mol. The van der Waals surface area contributed by atoms with Gasteiger partial charge in [-0.15, -0.1) is 0 Å². The molecular weight excluding hydrogens is 280 g/mol. The summed E-state index contributed by atoms with van der Waals surface area (Å²) in [5, 5.41) is 27.4. The molecule has 0 amide bonds. The number of methoxy groups -OCH3 is 2. The van der Waals surface area contributed by atoms with Gasteiger partial charge < -0.3 is 24.8 Å². The highest BCUT2D eigenvalue weighted by atomic mass is 16.7. The Kier molecular flexibility index (Phi) is 6.13. The summed E-state index contributed by atoms with van der Waals surface area (Å²) in [4.78, 5) is 21.9. The summed E-state index contributed by atoms with van der Waals surface area (Å²) in [7, 11) is 2.82. The van der Waals surface area contributed by atoms with Gasteiger partial charge in [0.05, 0.1) is 12.3 Å². The van der Waals surface area contributed by atoms with Crippen molar-refractivity contribution < 1.29 is 34.4 Å². The number of ether oxygens (including phenoxy) is 2. The lowest BCUT2D eigenvalue weighted by atomic mass is 9.93. The predicted octanol–water partition coefficient (Wildman–Crippen LogP) is 1.40. The second kappa shape index (κ2) is 7.61. The largest absolute Gasteiger partial charge is 0.508 e. The second-order valence-electron chi connectivity index (χ2n) is 4.52. The van der Waals surface area contributed by atoms with Crippen molar-refractivity contribution in [2.45, 2.75) is 19.1 Å². The summed E-state index contributed by atoms with van der Waals surface area (Å²) in [5.41, 5.74) is 1.02. The fraction of sp³-hybridized carbons (Fsp3) is 0.429. The number of aliphatic carboxylic acids is 2. The number of phenols is 1. The van der Waals surface area contributed by atoms with E-state index in [1.165, 1.54) is 32.4 Å². The maximum atomic E-state index is 11.2. The maximum absolute atomic E-state index is 11.2. The van der Waals surface area contributed by atoms with Gasteiger partial charge >= 0.3 is 11.9 Å². The average Bonchev–Trinajstić information content (AvgIpc) is 2.41. The van der Waals surface area contributed by atoms with Crippen molar-refractivity contribution in [3.63, 3.8) is 0 Å². The van der Waals surface area contributed by atoms with Crippen LogP contribution in [0.5, 0.6) is 5.75 Å². The number of carboxylic acids is 2. The van der Waals surface area contributed by atoms with E-state index in [2.05, 4.69) is 0 Å². The van der Waals surface area contributed by atoms with Gasteiger partial charge in [-0.2, -0.15) is 0 Å². The number of phenolic OH excluding ortho intramolecular Hbond substituents is 1. The average molecular weight is 298 g/mol. The Bertz CT molecular complexity index is 508. The molecule has 0 radical (unpaired) electrons. The standard InChI is InChI=1S/C14H18O7/c1-20-14(21-2)11-7-10(15)4-3-8(11)5-9(13(18)19)6-12(16)17/h3-4,7,9,14-15H,5-6H2,1-2H3,(H,16,17)(H,18,19). The number of hydrogen-bond donors (Lipinski definition) is 3. The molecule has 0 saturated heterocycles. The number of aromatic hydroxyl groups is 1. The van der Waals surface area contributed by atoms with E-state index >= 15 is 0 Å². The van der Waals surface area contributed by atoms with Gasteiger partial charge in [0.1, 0.15) is 5.75 Å². The summed E-state index contributed by atoms with van der Waals surface area (Å²) in [6.07, 6.45) is -1.26.